The van der Waals surface area contributed by atoms with Crippen molar-refractivity contribution in [2.75, 3.05) is 12.0 Å². The lowest BCUT2D eigenvalue weighted by molar-refractivity contribution is -0.132. The number of phenols is 1. The Morgan fingerprint density at radius 1 is 1.06 bits per heavy atom. The molecule has 10 heteroatoms. The number of aryl methyl sites for hydroxylation is 1. The Hall–Kier alpha value is -4.31. The number of thiazole rings is 1. The number of carbonyl (C=O) groups excluding carboxylic acids is 2. The van der Waals surface area contributed by atoms with Gasteiger partial charge in [0.15, 0.2) is 16.8 Å². The first-order valence-electron chi connectivity index (χ1n) is 10.7. The van der Waals surface area contributed by atoms with Crippen molar-refractivity contribution in [3.63, 3.8) is 0 Å². The molecule has 2 heterocycles. The number of nitrogens with zero attached hydrogens (tertiary/aromatic N) is 2. The lowest BCUT2D eigenvalue weighted by Crippen LogP contribution is -2.29. The molecular formula is C26H18F2N2O5S. The van der Waals surface area contributed by atoms with Gasteiger partial charge in [-0.2, -0.15) is 0 Å². The van der Waals surface area contributed by atoms with E-state index >= 15 is 0 Å². The van der Waals surface area contributed by atoms with E-state index in [1.165, 1.54) is 31.4 Å². The number of ketones is 1. The zero-order valence-electron chi connectivity index (χ0n) is 19.0. The van der Waals surface area contributed by atoms with E-state index in [9.17, 15) is 28.6 Å². The molecule has 0 bridgehead atoms. The van der Waals surface area contributed by atoms with Crippen LogP contribution in [0.4, 0.5) is 13.9 Å². The molecule has 1 saturated heterocycles. The number of anilines is 1. The fourth-order valence-electron chi connectivity index (χ4n) is 4.17. The van der Waals surface area contributed by atoms with E-state index in [0.29, 0.717) is 11.3 Å². The molecule has 4 aromatic rings. The van der Waals surface area contributed by atoms with Crippen LogP contribution < -0.4 is 9.64 Å². The number of methoxy groups -OCH3 is 1. The summed E-state index contributed by atoms with van der Waals surface area (Å²) < 4.78 is 33.2. The Bertz CT molecular complexity index is 1540. The number of benzene rings is 3. The molecule has 0 saturated carbocycles. The Morgan fingerprint density at radius 3 is 2.44 bits per heavy atom. The maximum Gasteiger partial charge on any atom is 0.301 e. The van der Waals surface area contributed by atoms with E-state index in [1.54, 1.807) is 25.1 Å². The van der Waals surface area contributed by atoms with Crippen LogP contribution in [-0.2, 0) is 9.59 Å². The first-order valence-corrected chi connectivity index (χ1v) is 11.5. The molecule has 0 spiro atoms. The van der Waals surface area contributed by atoms with Crippen LogP contribution in [0.1, 0.15) is 22.7 Å². The maximum atomic E-state index is 13.8. The predicted octanol–water partition coefficient (Wildman–Crippen LogP) is 5.22. The smallest absolute Gasteiger partial charge is 0.301 e. The molecule has 1 aromatic heterocycles. The molecule has 36 heavy (non-hydrogen) atoms. The van der Waals surface area contributed by atoms with Gasteiger partial charge in [0.05, 0.1) is 34.5 Å². The molecule has 1 amide bonds. The summed E-state index contributed by atoms with van der Waals surface area (Å²) in [4.78, 5) is 32.0. The number of ether oxygens (including phenoxy) is 1. The van der Waals surface area contributed by atoms with Crippen LogP contribution in [0, 0.1) is 18.6 Å². The van der Waals surface area contributed by atoms with Crippen molar-refractivity contribution in [3.8, 4) is 11.5 Å². The number of aliphatic hydroxyl groups is 1. The quantitative estimate of drug-likeness (QED) is 0.223. The molecule has 0 radical (unpaired) electrons. The molecule has 0 aliphatic carbocycles. The minimum absolute atomic E-state index is 0.0189. The topological polar surface area (TPSA) is 100.0 Å². The van der Waals surface area contributed by atoms with Crippen LogP contribution in [-0.4, -0.2) is 34.0 Å². The first kappa shape index (κ1) is 23.4. The van der Waals surface area contributed by atoms with Crippen molar-refractivity contribution >= 4 is 44.1 Å². The monoisotopic (exact) mass is 508 g/mol. The number of amides is 1. The molecular weight excluding hydrogens is 490 g/mol. The normalized spacial score (nSPS) is 17.2. The van der Waals surface area contributed by atoms with Gasteiger partial charge in [0.25, 0.3) is 5.78 Å². The van der Waals surface area contributed by atoms with E-state index in [2.05, 4.69) is 4.98 Å². The van der Waals surface area contributed by atoms with Gasteiger partial charge >= 0.3 is 5.91 Å². The summed E-state index contributed by atoms with van der Waals surface area (Å²) in [5.41, 5.74) is 1.29. The van der Waals surface area contributed by atoms with E-state index in [4.69, 9.17) is 4.74 Å². The highest BCUT2D eigenvalue weighted by Gasteiger charge is 2.48. The SMILES string of the molecule is COc1ccc(C)cc1/C(O)=C1\C(=O)C(=O)N(c2nc3cc(F)c(F)cc3s2)C1c1ccc(O)cc1. The average molecular weight is 509 g/mol. The largest absolute Gasteiger partial charge is 0.508 e. The Morgan fingerprint density at radius 2 is 1.75 bits per heavy atom. The van der Waals surface area contributed by atoms with Crippen molar-refractivity contribution in [3.05, 3.63) is 88.5 Å². The third-order valence-corrected chi connectivity index (χ3v) is 6.91. The van der Waals surface area contributed by atoms with Crippen LogP contribution in [0.3, 0.4) is 0 Å². The van der Waals surface area contributed by atoms with Gasteiger partial charge in [0.1, 0.15) is 17.3 Å². The summed E-state index contributed by atoms with van der Waals surface area (Å²) >= 11 is 0.901. The standard InChI is InChI=1S/C26H18F2N2O5S/c1-12-3-8-19(35-2)15(9-12)23(32)21-22(13-4-6-14(31)7-5-13)30(25(34)24(21)33)26-29-18-10-16(27)17(28)11-20(18)36-26/h3-11,22,31-32H,1-2H3/b23-21+. The Kier molecular flexibility index (Phi) is 5.68. The third-order valence-electron chi connectivity index (χ3n) is 5.89. The molecule has 1 aliphatic heterocycles. The van der Waals surface area contributed by atoms with Gasteiger partial charge in [-0.15, -0.1) is 0 Å². The number of aromatic nitrogens is 1. The summed E-state index contributed by atoms with van der Waals surface area (Å²) in [6.07, 6.45) is 0. The second kappa shape index (κ2) is 8.72. The van der Waals surface area contributed by atoms with Crippen LogP contribution >= 0.6 is 11.3 Å². The number of hydrogen-bond donors (Lipinski definition) is 2. The van der Waals surface area contributed by atoms with Crippen molar-refractivity contribution in [2.24, 2.45) is 0 Å². The molecule has 1 aliphatic rings. The number of rotatable bonds is 4. The van der Waals surface area contributed by atoms with Crippen LogP contribution in [0.15, 0.2) is 60.2 Å². The summed E-state index contributed by atoms with van der Waals surface area (Å²) in [6.45, 7) is 1.80. The Balaban J connectivity index is 1.76. The number of Topliss-reactive ketones (excluding diaryl/α,β-unsaturated/α-hetero) is 1. The highest BCUT2D eigenvalue weighted by molar-refractivity contribution is 7.22. The zero-order chi connectivity index (χ0) is 25.7. The molecule has 1 fully saturated rings. The van der Waals surface area contributed by atoms with Crippen molar-refractivity contribution in [2.45, 2.75) is 13.0 Å². The molecule has 3 aromatic carbocycles. The summed E-state index contributed by atoms with van der Waals surface area (Å²) in [6, 6.07) is 11.5. The average Bonchev–Trinajstić information content (AvgIpc) is 3.37. The molecule has 7 nitrogen and oxygen atoms in total. The van der Waals surface area contributed by atoms with Gasteiger partial charge in [-0.25, -0.2) is 13.8 Å². The van der Waals surface area contributed by atoms with E-state index in [-0.39, 0.29) is 32.2 Å². The zero-order valence-corrected chi connectivity index (χ0v) is 19.8. The van der Waals surface area contributed by atoms with Crippen molar-refractivity contribution in [1.29, 1.82) is 0 Å². The molecule has 1 unspecified atom stereocenters. The minimum atomic E-state index is -1.13. The first-order chi connectivity index (χ1) is 17.2. The number of aliphatic hydroxyl groups excluding tert-OH is 1. The van der Waals surface area contributed by atoms with Gasteiger partial charge in [0, 0.05) is 6.07 Å². The van der Waals surface area contributed by atoms with Gasteiger partial charge in [-0.05, 0) is 42.8 Å². The lowest BCUT2D eigenvalue weighted by Gasteiger charge is -2.23. The number of aromatic hydroxyl groups is 1. The summed E-state index contributed by atoms with van der Waals surface area (Å²) in [5, 5.41) is 21.1. The van der Waals surface area contributed by atoms with E-state index in [1.807, 2.05) is 0 Å². The van der Waals surface area contributed by atoms with Crippen molar-refractivity contribution in [1.82, 2.24) is 4.98 Å². The number of hydrogen-bond acceptors (Lipinski definition) is 7. The van der Waals surface area contributed by atoms with Gasteiger partial charge in [-0.3, -0.25) is 14.5 Å². The second-order valence-corrected chi connectivity index (χ2v) is 9.20. The van der Waals surface area contributed by atoms with E-state index in [0.717, 1.165) is 33.9 Å². The van der Waals surface area contributed by atoms with Gasteiger partial charge in [-0.1, -0.05) is 35.1 Å². The number of fused-ring (bicyclic) bond motifs is 1. The van der Waals surface area contributed by atoms with E-state index < -0.39 is 35.1 Å². The third kappa shape index (κ3) is 3.75. The number of carbonyl (C=O) groups is 2. The van der Waals surface area contributed by atoms with Gasteiger partial charge in [0.2, 0.25) is 0 Å². The summed E-state index contributed by atoms with van der Waals surface area (Å²) in [5.74, 6) is -4.30. The maximum absolute atomic E-state index is 13.8. The van der Waals surface area contributed by atoms with Crippen LogP contribution in [0.25, 0.3) is 16.0 Å². The van der Waals surface area contributed by atoms with Crippen molar-refractivity contribution < 1.29 is 33.3 Å². The predicted molar refractivity (Wildman–Crippen MR) is 130 cm³/mol. The summed E-state index contributed by atoms with van der Waals surface area (Å²) in [7, 11) is 1.41. The molecule has 5 rings (SSSR count). The van der Waals surface area contributed by atoms with Crippen LogP contribution in [0.2, 0.25) is 0 Å². The minimum Gasteiger partial charge on any atom is -0.508 e. The lowest BCUT2D eigenvalue weighted by atomic mass is 9.94. The highest BCUT2D eigenvalue weighted by Crippen LogP contribution is 2.45. The molecule has 182 valence electrons. The fourth-order valence-corrected chi connectivity index (χ4v) is 5.17. The molecule has 1 atom stereocenters. The highest BCUT2D eigenvalue weighted by atomic mass is 32.1. The number of phenolic OH excluding ortho intramolecular Hbond substituents is 1. The van der Waals surface area contributed by atoms with Gasteiger partial charge < -0.3 is 14.9 Å². The molecule has 2 N–H and O–H groups in total. The Labute approximate surface area is 207 Å². The fraction of sp³-hybridized carbons (Fsp3) is 0.115. The van der Waals surface area contributed by atoms with Crippen LogP contribution in [0.5, 0.6) is 11.5 Å². The number of halogens is 2. The second-order valence-electron chi connectivity index (χ2n) is 8.19.